The number of nitro benzene ring substituents is 1. The maximum absolute atomic E-state index is 13.8. The van der Waals surface area contributed by atoms with Gasteiger partial charge in [-0.05, 0) is 37.8 Å². The van der Waals surface area contributed by atoms with Gasteiger partial charge in [0.05, 0.1) is 11.5 Å². The molecule has 5 nitrogen and oxygen atoms in total. The van der Waals surface area contributed by atoms with Crippen LogP contribution in [-0.4, -0.2) is 31.2 Å². The van der Waals surface area contributed by atoms with Crippen molar-refractivity contribution in [2.45, 2.75) is 25.8 Å². The van der Waals surface area contributed by atoms with Crippen molar-refractivity contribution >= 4 is 11.4 Å². The van der Waals surface area contributed by atoms with Crippen molar-refractivity contribution in [3.05, 3.63) is 34.1 Å². The van der Waals surface area contributed by atoms with Crippen molar-refractivity contribution in [1.82, 2.24) is 0 Å². The summed E-state index contributed by atoms with van der Waals surface area (Å²) in [6.45, 7) is 2.99. The summed E-state index contributed by atoms with van der Waals surface area (Å²) in [5, 5.41) is 11.1. The minimum atomic E-state index is -0.794. The largest absolute Gasteiger partial charge is 0.383 e. The molecule has 6 heteroatoms. The van der Waals surface area contributed by atoms with Crippen molar-refractivity contribution in [2.75, 3.05) is 25.2 Å². The number of nitro groups is 1. The van der Waals surface area contributed by atoms with Crippen LogP contribution in [0.4, 0.5) is 15.8 Å². The van der Waals surface area contributed by atoms with Crippen LogP contribution < -0.4 is 4.90 Å². The van der Waals surface area contributed by atoms with Gasteiger partial charge < -0.3 is 9.64 Å². The van der Waals surface area contributed by atoms with E-state index in [0.717, 1.165) is 18.9 Å². The average Bonchev–Trinajstić information content (AvgIpc) is 3.22. The van der Waals surface area contributed by atoms with Gasteiger partial charge in [0.25, 0.3) is 0 Å². The number of hydrogen-bond acceptors (Lipinski definition) is 4. The van der Waals surface area contributed by atoms with Crippen molar-refractivity contribution < 1.29 is 14.1 Å². The molecule has 1 unspecified atom stereocenters. The molecule has 0 amide bonds. The molecule has 1 aliphatic carbocycles. The average molecular weight is 282 g/mol. The summed E-state index contributed by atoms with van der Waals surface area (Å²) >= 11 is 0. The summed E-state index contributed by atoms with van der Waals surface area (Å²) in [5.41, 5.74) is -0.109. The second-order valence-corrected chi connectivity index (χ2v) is 5.13. The standard InChI is InChI=1S/C14H19FN2O3/c1-10(11-6-7-11)16(8-9-20-2)13-5-3-4-12(15)14(13)17(18)19/h3-5,10-11H,6-9H2,1-2H3. The highest BCUT2D eigenvalue weighted by Gasteiger charge is 2.35. The van der Waals surface area contributed by atoms with Crippen molar-refractivity contribution in [2.24, 2.45) is 5.92 Å². The van der Waals surface area contributed by atoms with Crippen LogP contribution in [0.1, 0.15) is 19.8 Å². The van der Waals surface area contributed by atoms with Crippen molar-refractivity contribution in [3.63, 3.8) is 0 Å². The first-order valence-corrected chi connectivity index (χ1v) is 6.74. The lowest BCUT2D eigenvalue weighted by atomic mass is 10.1. The van der Waals surface area contributed by atoms with Crippen LogP contribution >= 0.6 is 0 Å². The number of methoxy groups -OCH3 is 1. The third kappa shape index (κ3) is 3.07. The number of halogens is 1. The van der Waals surface area contributed by atoms with E-state index in [9.17, 15) is 14.5 Å². The van der Waals surface area contributed by atoms with Crippen molar-refractivity contribution in [1.29, 1.82) is 0 Å². The molecular weight excluding hydrogens is 263 g/mol. The summed E-state index contributed by atoms with van der Waals surface area (Å²) in [5.74, 6) is -0.271. The highest BCUT2D eigenvalue weighted by molar-refractivity contribution is 5.64. The molecule has 0 saturated heterocycles. The van der Waals surface area contributed by atoms with Gasteiger partial charge >= 0.3 is 5.69 Å². The Morgan fingerprint density at radius 2 is 2.25 bits per heavy atom. The van der Waals surface area contributed by atoms with Crippen LogP contribution in [0.25, 0.3) is 0 Å². The van der Waals surface area contributed by atoms with Gasteiger partial charge in [-0.2, -0.15) is 4.39 Å². The molecule has 0 heterocycles. The fraction of sp³-hybridized carbons (Fsp3) is 0.571. The molecular formula is C14H19FN2O3. The van der Waals surface area contributed by atoms with Crippen LogP contribution in [0, 0.1) is 21.8 Å². The molecule has 1 fully saturated rings. The number of benzene rings is 1. The highest BCUT2D eigenvalue weighted by atomic mass is 19.1. The van der Waals surface area contributed by atoms with Crippen LogP contribution in [-0.2, 0) is 4.74 Å². The number of anilines is 1. The molecule has 20 heavy (non-hydrogen) atoms. The number of rotatable bonds is 7. The van der Waals surface area contributed by atoms with E-state index in [1.54, 1.807) is 13.2 Å². The fourth-order valence-electron chi connectivity index (χ4n) is 2.48. The second kappa shape index (κ2) is 6.17. The zero-order valence-electron chi connectivity index (χ0n) is 11.7. The lowest BCUT2D eigenvalue weighted by Crippen LogP contribution is -2.37. The van der Waals surface area contributed by atoms with E-state index in [4.69, 9.17) is 4.74 Å². The number of para-hydroxylation sites is 1. The first-order chi connectivity index (χ1) is 9.56. The maximum atomic E-state index is 13.8. The topological polar surface area (TPSA) is 55.6 Å². The molecule has 1 saturated carbocycles. The molecule has 0 aliphatic heterocycles. The molecule has 1 aromatic rings. The van der Waals surface area contributed by atoms with Gasteiger partial charge in [0.2, 0.25) is 5.82 Å². The van der Waals surface area contributed by atoms with E-state index in [1.165, 1.54) is 6.07 Å². The lowest BCUT2D eigenvalue weighted by molar-refractivity contribution is -0.386. The Bertz CT molecular complexity index is 491. The number of nitrogens with zero attached hydrogens (tertiary/aromatic N) is 2. The molecule has 2 rings (SSSR count). The van der Waals surface area contributed by atoms with E-state index in [2.05, 4.69) is 0 Å². The van der Waals surface area contributed by atoms with Crippen molar-refractivity contribution in [3.8, 4) is 0 Å². The predicted octanol–water partition coefficient (Wildman–Crippen LogP) is 2.99. The van der Waals surface area contributed by atoms with Crippen LogP contribution in [0.15, 0.2) is 18.2 Å². The first kappa shape index (κ1) is 14.7. The summed E-state index contributed by atoms with van der Waals surface area (Å²) in [6.07, 6.45) is 2.24. The molecule has 110 valence electrons. The van der Waals surface area contributed by atoms with E-state index >= 15 is 0 Å². The monoisotopic (exact) mass is 282 g/mol. The molecule has 1 aliphatic rings. The Hall–Kier alpha value is -1.69. The van der Waals surface area contributed by atoms with Crippen LogP contribution in [0.5, 0.6) is 0 Å². The fourth-order valence-corrected chi connectivity index (χ4v) is 2.48. The third-order valence-electron chi connectivity index (χ3n) is 3.79. The summed E-state index contributed by atoms with van der Waals surface area (Å²) in [4.78, 5) is 12.4. The quantitative estimate of drug-likeness (QED) is 0.570. The second-order valence-electron chi connectivity index (χ2n) is 5.13. The first-order valence-electron chi connectivity index (χ1n) is 6.74. The zero-order chi connectivity index (χ0) is 14.7. The normalized spacial score (nSPS) is 15.9. The summed E-state index contributed by atoms with van der Waals surface area (Å²) < 4.78 is 18.8. The van der Waals surface area contributed by atoms with Gasteiger partial charge in [-0.1, -0.05) is 6.07 Å². The Labute approximate surface area is 117 Å². The Morgan fingerprint density at radius 1 is 1.55 bits per heavy atom. The maximum Gasteiger partial charge on any atom is 0.327 e. The Morgan fingerprint density at radius 3 is 2.80 bits per heavy atom. The van der Waals surface area contributed by atoms with Gasteiger partial charge in [-0.25, -0.2) is 0 Å². The van der Waals surface area contributed by atoms with Gasteiger partial charge in [-0.15, -0.1) is 0 Å². The SMILES string of the molecule is COCCN(c1cccc(F)c1[N+](=O)[O-])C(C)C1CC1. The van der Waals surface area contributed by atoms with Gasteiger partial charge in [0.15, 0.2) is 0 Å². The van der Waals surface area contributed by atoms with E-state index in [0.29, 0.717) is 24.8 Å². The highest BCUT2D eigenvalue weighted by Crippen LogP contribution is 2.39. The molecule has 0 spiro atoms. The van der Waals surface area contributed by atoms with Gasteiger partial charge in [0.1, 0.15) is 5.69 Å². The molecule has 0 aromatic heterocycles. The van der Waals surface area contributed by atoms with E-state index in [1.807, 2.05) is 11.8 Å². The summed E-state index contributed by atoms with van der Waals surface area (Å²) in [6, 6.07) is 4.38. The smallest absolute Gasteiger partial charge is 0.327 e. The molecule has 0 radical (unpaired) electrons. The van der Waals surface area contributed by atoms with Gasteiger partial charge in [0, 0.05) is 19.7 Å². The summed E-state index contributed by atoms with van der Waals surface area (Å²) in [7, 11) is 1.58. The Balaban J connectivity index is 2.36. The third-order valence-corrected chi connectivity index (χ3v) is 3.79. The van der Waals surface area contributed by atoms with Crippen LogP contribution in [0.2, 0.25) is 0 Å². The number of ether oxygens (including phenoxy) is 1. The lowest BCUT2D eigenvalue weighted by Gasteiger charge is -2.31. The number of hydrogen-bond donors (Lipinski definition) is 0. The Kier molecular flexibility index (Phi) is 4.54. The zero-order valence-corrected chi connectivity index (χ0v) is 11.7. The molecule has 1 atom stereocenters. The van der Waals surface area contributed by atoms with Gasteiger partial charge in [-0.3, -0.25) is 10.1 Å². The molecule has 1 aromatic carbocycles. The molecule has 0 bridgehead atoms. The minimum Gasteiger partial charge on any atom is -0.383 e. The van der Waals surface area contributed by atoms with E-state index < -0.39 is 16.4 Å². The predicted molar refractivity (Wildman–Crippen MR) is 74.5 cm³/mol. The van der Waals surface area contributed by atoms with Crippen LogP contribution in [0.3, 0.4) is 0 Å². The molecule has 0 N–H and O–H groups in total. The van der Waals surface area contributed by atoms with E-state index in [-0.39, 0.29) is 6.04 Å². The minimum absolute atomic E-state index is 0.144.